The molecule has 0 radical (unpaired) electrons. The van der Waals surface area contributed by atoms with Gasteiger partial charge in [0.1, 0.15) is 5.84 Å². The summed E-state index contributed by atoms with van der Waals surface area (Å²) in [4.78, 5) is 16.4. The Labute approximate surface area is 194 Å². The first-order chi connectivity index (χ1) is 15.4. The largest absolute Gasteiger partial charge is 0.381 e. The first-order valence-electron chi connectivity index (χ1n) is 12.1. The molecule has 174 valence electrons. The van der Waals surface area contributed by atoms with Crippen LogP contribution in [0.4, 0.5) is 5.69 Å². The summed E-state index contributed by atoms with van der Waals surface area (Å²) in [6.45, 7) is 10.8. The van der Waals surface area contributed by atoms with Crippen molar-refractivity contribution in [2.45, 2.75) is 85.6 Å². The highest BCUT2D eigenvalue weighted by Crippen LogP contribution is 2.27. The molecule has 0 aliphatic carbocycles. The average Bonchev–Trinajstić information content (AvgIpc) is 2.81. The van der Waals surface area contributed by atoms with Gasteiger partial charge in [0, 0.05) is 35.5 Å². The molecule has 1 heterocycles. The molecule has 1 amide bonds. The Morgan fingerprint density at radius 2 is 2.00 bits per heavy atom. The summed E-state index contributed by atoms with van der Waals surface area (Å²) in [6.07, 6.45) is 10.2. The Kier molecular flexibility index (Phi) is 10.4. The Bertz CT molecular complexity index is 881. The fourth-order valence-electron chi connectivity index (χ4n) is 3.92. The average molecular weight is 437 g/mol. The highest BCUT2D eigenvalue weighted by atomic mass is 16.1. The minimum atomic E-state index is -0.0221. The number of rotatable bonds is 11. The van der Waals surface area contributed by atoms with E-state index in [1.54, 1.807) is 6.20 Å². The van der Waals surface area contributed by atoms with Crippen molar-refractivity contribution in [2.75, 3.05) is 5.32 Å². The Balaban J connectivity index is 2.38. The maximum atomic E-state index is 12.0. The lowest BCUT2D eigenvalue weighted by molar-refractivity contribution is -0.119. The van der Waals surface area contributed by atoms with Crippen molar-refractivity contribution in [3.8, 4) is 0 Å². The number of piperidine rings is 1. The molecule has 2 rings (SSSR count). The Morgan fingerprint density at radius 1 is 1.25 bits per heavy atom. The summed E-state index contributed by atoms with van der Waals surface area (Å²) in [5.41, 5.74) is 4.17. The molecule has 1 aromatic rings. The van der Waals surface area contributed by atoms with Crippen molar-refractivity contribution >= 4 is 23.1 Å². The zero-order chi connectivity index (χ0) is 23.5. The Morgan fingerprint density at radius 3 is 2.69 bits per heavy atom. The van der Waals surface area contributed by atoms with Gasteiger partial charge >= 0.3 is 0 Å². The fraction of sp³-hybridized carbons (Fsp3) is 0.519. The molecule has 2 atom stereocenters. The second-order valence-corrected chi connectivity index (χ2v) is 8.62. The number of benzene rings is 1. The molecule has 1 fully saturated rings. The van der Waals surface area contributed by atoms with Gasteiger partial charge in [0.25, 0.3) is 0 Å². The van der Waals surface area contributed by atoms with Crippen LogP contribution in [0.15, 0.2) is 52.7 Å². The van der Waals surface area contributed by atoms with Crippen LogP contribution in [-0.4, -0.2) is 23.5 Å². The predicted molar refractivity (Wildman–Crippen MR) is 137 cm³/mol. The molecule has 0 bridgehead atoms. The summed E-state index contributed by atoms with van der Waals surface area (Å²) in [6, 6.07) is 8.48. The molecule has 32 heavy (non-hydrogen) atoms. The number of unbranched alkanes of at least 4 members (excludes halogenated alkanes) is 1. The number of hydrogen-bond acceptors (Lipinski definition) is 4. The third-order valence-corrected chi connectivity index (χ3v) is 6.25. The quantitative estimate of drug-likeness (QED) is 0.341. The number of carbonyl (C=O) groups is 1. The van der Waals surface area contributed by atoms with Gasteiger partial charge in [-0.25, -0.2) is 4.99 Å². The molecule has 3 N–H and O–H groups in total. The molecular formula is C27H40N4O. The maximum absolute atomic E-state index is 12.0. The molecule has 1 aliphatic rings. The van der Waals surface area contributed by atoms with Gasteiger partial charge in [-0.15, -0.1) is 0 Å². The normalized spacial score (nSPS) is 19.0. The molecule has 5 nitrogen and oxygen atoms in total. The zero-order valence-corrected chi connectivity index (χ0v) is 20.4. The van der Waals surface area contributed by atoms with Crippen molar-refractivity contribution in [3.05, 3.63) is 53.3 Å². The topological polar surface area (TPSA) is 77.3 Å². The van der Waals surface area contributed by atoms with Gasteiger partial charge in [-0.3, -0.25) is 10.2 Å². The van der Waals surface area contributed by atoms with E-state index in [9.17, 15) is 4.79 Å². The van der Waals surface area contributed by atoms with E-state index in [2.05, 4.69) is 42.5 Å². The zero-order valence-electron chi connectivity index (χ0n) is 20.4. The van der Waals surface area contributed by atoms with Gasteiger partial charge < -0.3 is 10.6 Å². The maximum Gasteiger partial charge on any atom is 0.225 e. The van der Waals surface area contributed by atoms with Crippen molar-refractivity contribution in [3.63, 3.8) is 0 Å². The fourth-order valence-corrected chi connectivity index (χ4v) is 3.92. The number of hydrogen-bond donors (Lipinski definition) is 3. The minimum Gasteiger partial charge on any atom is -0.381 e. The van der Waals surface area contributed by atoms with Crippen molar-refractivity contribution in [1.82, 2.24) is 5.32 Å². The van der Waals surface area contributed by atoms with E-state index in [4.69, 9.17) is 5.41 Å². The SMILES string of the molecule is CC/C=C/N=C1\NC(=O)CC\C1=C(\C)C(=N)c1ccccc1NC(CCCC)C(C)CC. The number of carbonyl (C=O) groups excluding carboxylic acids is 1. The summed E-state index contributed by atoms with van der Waals surface area (Å²) in [5.74, 6) is 1.10. The van der Waals surface area contributed by atoms with E-state index >= 15 is 0 Å². The molecule has 0 spiro atoms. The first kappa shape index (κ1) is 25.6. The molecule has 0 aromatic heterocycles. The smallest absolute Gasteiger partial charge is 0.225 e. The van der Waals surface area contributed by atoms with Crippen LogP contribution in [-0.2, 0) is 4.79 Å². The highest BCUT2D eigenvalue weighted by molar-refractivity contribution is 6.20. The van der Waals surface area contributed by atoms with Crippen LogP contribution in [0.2, 0.25) is 0 Å². The lowest BCUT2D eigenvalue weighted by Gasteiger charge is -2.27. The van der Waals surface area contributed by atoms with Crippen LogP contribution in [0.3, 0.4) is 0 Å². The van der Waals surface area contributed by atoms with Crippen molar-refractivity contribution in [1.29, 1.82) is 5.41 Å². The minimum absolute atomic E-state index is 0.0221. The standard InChI is InChI=1S/C27H40N4O/c1-6-9-14-23(19(4)8-3)30-24-15-12-11-13-22(24)26(28)20(5)21-16-17-25(32)31-27(21)29-18-10-7-2/h10-13,15,18-19,23,28,30H,6-9,14,16-17H2,1-5H3,(H,29,31,32)/b18-10+,21-20+,28-26?. The number of amidine groups is 1. The van der Waals surface area contributed by atoms with Crippen LogP contribution < -0.4 is 10.6 Å². The highest BCUT2D eigenvalue weighted by Gasteiger charge is 2.24. The van der Waals surface area contributed by atoms with E-state index < -0.39 is 0 Å². The summed E-state index contributed by atoms with van der Waals surface area (Å²) in [5, 5.41) is 15.7. The predicted octanol–water partition coefficient (Wildman–Crippen LogP) is 6.62. The monoisotopic (exact) mass is 436 g/mol. The number of amides is 1. The van der Waals surface area contributed by atoms with Gasteiger partial charge in [-0.2, -0.15) is 0 Å². The number of anilines is 1. The van der Waals surface area contributed by atoms with Gasteiger partial charge in [0.05, 0.1) is 5.71 Å². The van der Waals surface area contributed by atoms with Crippen LogP contribution in [0, 0.1) is 11.3 Å². The molecule has 2 unspecified atom stereocenters. The van der Waals surface area contributed by atoms with E-state index in [1.807, 2.05) is 38.1 Å². The molecule has 5 heteroatoms. The van der Waals surface area contributed by atoms with Gasteiger partial charge in [-0.1, -0.05) is 71.2 Å². The van der Waals surface area contributed by atoms with E-state index in [0.29, 0.717) is 36.3 Å². The number of nitrogens with zero attached hydrogens (tertiary/aromatic N) is 1. The van der Waals surface area contributed by atoms with Crippen LogP contribution in [0.1, 0.15) is 85.1 Å². The van der Waals surface area contributed by atoms with Gasteiger partial charge in [0.2, 0.25) is 5.91 Å². The van der Waals surface area contributed by atoms with E-state index in [-0.39, 0.29) is 5.91 Å². The molecule has 1 aromatic carbocycles. The second kappa shape index (κ2) is 13.0. The number of aliphatic imine (C=N–C) groups is 1. The Hall–Kier alpha value is -2.69. The summed E-state index contributed by atoms with van der Waals surface area (Å²) >= 11 is 0. The third kappa shape index (κ3) is 6.91. The molecule has 0 saturated carbocycles. The van der Waals surface area contributed by atoms with Crippen LogP contribution >= 0.6 is 0 Å². The molecule has 1 saturated heterocycles. The van der Waals surface area contributed by atoms with Crippen LogP contribution in [0.5, 0.6) is 0 Å². The first-order valence-corrected chi connectivity index (χ1v) is 12.1. The van der Waals surface area contributed by atoms with Crippen molar-refractivity contribution < 1.29 is 4.79 Å². The van der Waals surface area contributed by atoms with E-state index in [0.717, 1.165) is 41.7 Å². The number of allylic oxidation sites excluding steroid dienone is 2. The lowest BCUT2D eigenvalue weighted by Crippen LogP contribution is -2.37. The lowest BCUT2D eigenvalue weighted by atomic mass is 9.91. The second-order valence-electron chi connectivity index (χ2n) is 8.62. The summed E-state index contributed by atoms with van der Waals surface area (Å²) < 4.78 is 0. The van der Waals surface area contributed by atoms with E-state index in [1.165, 1.54) is 12.8 Å². The van der Waals surface area contributed by atoms with Gasteiger partial charge in [0.15, 0.2) is 0 Å². The summed E-state index contributed by atoms with van der Waals surface area (Å²) in [7, 11) is 0. The van der Waals surface area contributed by atoms with Crippen LogP contribution in [0.25, 0.3) is 0 Å². The number of para-hydroxylation sites is 1. The molecule has 1 aliphatic heterocycles. The third-order valence-electron chi connectivity index (χ3n) is 6.25. The number of nitrogens with one attached hydrogen (secondary N) is 3. The van der Waals surface area contributed by atoms with Crippen molar-refractivity contribution in [2.24, 2.45) is 10.9 Å². The molecular weight excluding hydrogens is 396 g/mol. The van der Waals surface area contributed by atoms with Gasteiger partial charge in [-0.05, 0) is 43.7 Å².